The van der Waals surface area contributed by atoms with Crippen LogP contribution in [0, 0.1) is 0 Å². The largest absolute Gasteiger partial charge is 0.748 e. The van der Waals surface area contributed by atoms with Crippen molar-refractivity contribution in [3.63, 3.8) is 0 Å². The first-order valence-corrected chi connectivity index (χ1v) is 4.99. The number of aromatic nitrogens is 1. The van der Waals surface area contributed by atoms with Crippen molar-refractivity contribution in [3.05, 3.63) is 30.1 Å². The van der Waals surface area contributed by atoms with Crippen LogP contribution in [0.15, 0.2) is 24.4 Å². The first-order valence-electron chi connectivity index (χ1n) is 3.41. The lowest BCUT2D eigenvalue weighted by Crippen LogP contribution is -2.07. The highest BCUT2D eigenvalue weighted by Gasteiger charge is 1.97. The summed E-state index contributed by atoms with van der Waals surface area (Å²) in [7, 11) is -4.11. The van der Waals surface area contributed by atoms with Crippen LogP contribution in [0.5, 0.6) is 0 Å². The van der Waals surface area contributed by atoms with Crippen LogP contribution in [0.1, 0.15) is 5.69 Å². The minimum absolute atomic E-state index is 0.187. The Morgan fingerprint density at radius 1 is 1.42 bits per heavy atom. The van der Waals surface area contributed by atoms with E-state index in [4.69, 9.17) is 0 Å². The van der Waals surface area contributed by atoms with Gasteiger partial charge in [-0.2, -0.15) is 0 Å². The summed E-state index contributed by atoms with van der Waals surface area (Å²) in [6.45, 7) is 0. The molecule has 12 heavy (non-hydrogen) atoms. The van der Waals surface area contributed by atoms with Gasteiger partial charge in [0.2, 0.25) is 0 Å². The van der Waals surface area contributed by atoms with E-state index in [1.807, 2.05) is 0 Å². The van der Waals surface area contributed by atoms with Crippen LogP contribution >= 0.6 is 0 Å². The Bertz CT molecular complexity index is 333. The summed E-state index contributed by atoms with van der Waals surface area (Å²) < 4.78 is 30.7. The molecule has 1 aromatic rings. The zero-order valence-electron chi connectivity index (χ0n) is 6.30. The van der Waals surface area contributed by atoms with Crippen LogP contribution in [0.3, 0.4) is 0 Å². The third-order valence-corrected chi connectivity index (χ3v) is 2.04. The molecule has 0 bridgehead atoms. The monoisotopic (exact) mass is 186 g/mol. The molecule has 0 atom stereocenters. The van der Waals surface area contributed by atoms with Gasteiger partial charge in [-0.15, -0.1) is 0 Å². The Balaban J connectivity index is 2.56. The number of nitrogens with zero attached hydrogens (tertiary/aromatic N) is 1. The van der Waals surface area contributed by atoms with Gasteiger partial charge in [-0.1, -0.05) is 6.07 Å². The Morgan fingerprint density at radius 2 is 2.17 bits per heavy atom. The van der Waals surface area contributed by atoms with E-state index in [-0.39, 0.29) is 12.2 Å². The maximum atomic E-state index is 10.2. The van der Waals surface area contributed by atoms with Crippen LogP contribution in [0.4, 0.5) is 0 Å². The summed E-state index contributed by atoms with van der Waals surface area (Å²) in [6, 6.07) is 5.17. The minimum atomic E-state index is -4.11. The topological polar surface area (TPSA) is 70.1 Å². The lowest BCUT2D eigenvalue weighted by atomic mass is 10.3. The Hall–Kier alpha value is -0.940. The SMILES string of the molecule is O=S(=O)([O-])CCc1ccccn1. The van der Waals surface area contributed by atoms with Gasteiger partial charge in [0, 0.05) is 24.1 Å². The zero-order valence-corrected chi connectivity index (χ0v) is 7.12. The maximum absolute atomic E-state index is 10.2. The molecule has 0 amide bonds. The summed E-state index contributed by atoms with van der Waals surface area (Å²) in [5.74, 6) is -0.385. The maximum Gasteiger partial charge on any atom is 0.0949 e. The molecule has 0 aromatic carbocycles. The fourth-order valence-corrected chi connectivity index (χ4v) is 1.23. The Morgan fingerprint density at radius 3 is 2.67 bits per heavy atom. The minimum Gasteiger partial charge on any atom is -0.748 e. The lowest BCUT2D eigenvalue weighted by Gasteiger charge is -2.04. The van der Waals surface area contributed by atoms with Gasteiger partial charge in [-0.05, 0) is 12.1 Å². The molecule has 0 unspecified atom stereocenters. The van der Waals surface area contributed by atoms with Crippen molar-refractivity contribution in [3.8, 4) is 0 Å². The highest BCUT2D eigenvalue weighted by Crippen LogP contribution is 1.96. The second-order valence-electron chi connectivity index (χ2n) is 2.33. The fourth-order valence-electron chi connectivity index (χ4n) is 0.776. The van der Waals surface area contributed by atoms with Crippen molar-refractivity contribution in [2.75, 3.05) is 5.75 Å². The molecule has 0 aliphatic rings. The summed E-state index contributed by atoms with van der Waals surface area (Å²) in [5.41, 5.74) is 0.622. The molecular formula is C7H8NO3S-. The second-order valence-corrected chi connectivity index (χ2v) is 3.86. The molecule has 1 heterocycles. The van der Waals surface area contributed by atoms with Crippen molar-refractivity contribution in [2.45, 2.75) is 6.42 Å². The number of hydrogen-bond acceptors (Lipinski definition) is 4. The number of hydrogen-bond donors (Lipinski definition) is 0. The van der Waals surface area contributed by atoms with Crippen LogP contribution in [-0.2, 0) is 16.5 Å². The smallest absolute Gasteiger partial charge is 0.0949 e. The zero-order chi connectivity index (χ0) is 9.03. The third-order valence-electron chi connectivity index (χ3n) is 1.33. The van der Waals surface area contributed by atoms with Gasteiger partial charge in [0.25, 0.3) is 0 Å². The van der Waals surface area contributed by atoms with Crippen LogP contribution < -0.4 is 0 Å². The van der Waals surface area contributed by atoms with Gasteiger partial charge in [-0.25, -0.2) is 8.42 Å². The molecule has 0 aliphatic heterocycles. The number of pyridine rings is 1. The van der Waals surface area contributed by atoms with Crippen molar-refractivity contribution in [1.29, 1.82) is 0 Å². The lowest BCUT2D eigenvalue weighted by molar-refractivity contribution is 0.462. The first kappa shape index (κ1) is 9.15. The van der Waals surface area contributed by atoms with Crippen LogP contribution in [0.25, 0.3) is 0 Å². The van der Waals surface area contributed by atoms with Crippen molar-refractivity contribution < 1.29 is 13.0 Å². The molecule has 4 nitrogen and oxygen atoms in total. The summed E-state index contributed by atoms with van der Waals surface area (Å²) in [4.78, 5) is 3.88. The summed E-state index contributed by atoms with van der Waals surface area (Å²) in [5, 5.41) is 0. The molecule has 5 heteroatoms. The van der Waals surface area contributed by atoms with Crippen molar-refractivity contribution >= 4 is 10.1 Å². The van der Waals surface area contributed by atoms with Gasteiger partial charge >= 0.3 is 0 Å². The molecule has 66 valence electrons. The average Bonchev–Trinajstić information content (AvgIpc) is 2.02. The van der Waals surface area contributed by atoms with Gasteiger partial charge in [0.1, 0.15) is 0 Å². The summed E-state index contributed by atoms with van der Waals surface area (Å²) in [6.07, 6.45) is 1.75. The van der Waals surface area contributed by atoms with Gasteiger partial charge in [0.15, 0.2) is 0 Å². The molecule has 0 aliphatic carbocycles. The molecule has 0 fully saturated rings. The summed E-state index contributed by atoms with van der Waals surface area (Å²) >= 11 is 0. The Kier molecular flexibility index (Phi) is 2.78. The van der Waals surface area contributed by atoms with Crippen LogP contribution in [0.2, 0.25) is 0 Å². The Labute approximate surface area is 71.0 Å². The molecule has 0 N–H and O–H groups in total. The normalized spacial score (nSPS) is 11.4. The third kappa shape index (κ3) is 3.45. The molecule has 0 saturated carbocycles. The highest BCUT2D eigenvalue weighted by atomic mass is 32.2. The number of aryl methyl sites for hydroxylation is 1. The van der Waals surface area contributed by atoms with E-state index in [1.165, 1.54) is 0 Å². The highest BCUT2D eigenvalue weighted by molar-refractivity contribution is 7.85. The quantitative estimate of drug-likeness (QED) is 0.631. The fraction of sp³-hybridized carbons (Fsp3) is 0.286. The van der Waals surface area contributed by atoms with Gasteiger partial charge in [0.05, 0.1) is 10.1 Å². The van der Waals surface area contributed by atoms with E-state index < -0.39 is 10.1 Å². The van der Waals surface area contributed by atoms with E-state index >= 15 is 0 Å². The van der Waals surface area contributed by atoms with Gasteiger partial charge < -0.3 is 4.55 Å². The first-order chi connectivity index (χ1) is 5.58. The van der Waals surface area contributed by atoms with E-state index in [0.29, 0.717) is 5.69 Å². The molecular weight excluding hydrogens is 178 g/mol. The van der Waals surface area contributed by atoms with E-state index in [1.54, 1.807) is 24.4 Å². The molecule has 0 saturated heterocycles. The van der Waals surface area contributed by atoms with E-state index in [0.717, 1.165) is 0 Å². The van der Waals surface area contributed by atoms with E-state index in [2.05, 4.69) is 4.98 Å². The number of rotatable bonds is 3. The molecule has 0 radical (unpaired) electrons. The predicted octanol–water partition coefficient (Wildman–Crippen LogP) is 0.169. The van der Waals surface area contributed by atoms with E-state index in [9.17, 15) is 13.0 Å². The standard InChI is InChI=1S/C7H9NO3S/c9-12(10,11)6-4-7-3-1-2-5-8-7/h1-3,5H,4,6H2,(H,9,10,11)/p-1. The second kappa shape index (κ2) is 3.64. The van der Waals surface area contributed by atoms with Crippen molar-refractivity contribution in [1.82, 2.24) is 4.98 Å². The predicted molar refractivity (Wildman–Crippen MR) is 42.5 cm³/mol. The molecule has 1 rings (SSSR count). The van der Waals surface area contributed by atoms with Crippen LogP contribution in [-0.4, -0.2) is 23.7 Å². The molecule has 0 spiro atoms. The van der Waals surface area contributed by atoms with Crippen molar-refractivity contribution in [2.24, 2.45) is 0 Å². The average molecular weight is 186 g/mol. The molecule has 1 aromatic heterocycles. The van der Waals surface area contributed by atoms with Gasteiger partial charge in [-0.3, -0.25) is 4.98 Å².